The summed E-state index contributed by atoms with van der Waals surface area (Å²) in [5, 5.41) is 50.8. The van der Waals surface area contributed by atoms with Crippen molar-refractivity contribution in [3.8, 4) is 0 Å². The Morgan fingerprint density at radius 3 is 2.61 bits per heavy atom. The van der Waals surface area contributed by atoms with Gasteiger partial charge in [0.25, 0.3) is 0 Å². The van der Waals surface area contributed by atoms with E-state index in [9.17, 15) is 25.5 Å². The number of ether oxygens (including phenoxy) is 1. The molecule has 1 aromatic carbocycles. The molecule has 7 nitrogen and oxygen atoms in total. The number of benzene rings is 1. The van der Waals surface area contributed by atoms with Crippen LogP contribution < -0.4 is 0 Å². The summed E-state index contributed by atoms with van der Waals surface area (Å²) in [5.41, 5.74) is 0.675. The second-order valence-corrected chi connectivity index (χ2v) is 6.68. The Kier molecular flexibility index (Phi) is 4.45. The van der Waals surface area contributed by atoms with Gasteiger partial charge in [0.2, 0.25) is 5.79 Å². The summed E-state index contributed by atoms with van der Waals surface area (Å²) in [5.74, 6) is -2.35. The van der Waals surface area contributed by atoms with Gasteiger partial charge in [-0.2, -0.15) is 0 Å². The van der Waals surface area contributed by atoms with Crippen LogP contribution in [0.3, 0.4) is 0 Å². The van der Waals surface area contributed by atoms with E-state index in [-0.39, 0.29) is 10.6 Å². The SMILES string of the molecule is OC[C@H]1O[C@](O)(c2c[nH]c3ccc(Br)c(Cl)c23)[C@H](O)[C@@H](O)[C@H]1O. The van der Waals surface area contributed by atoms with E-state index >= 15 is 0 Å². The van der Waals surface area contributed by atoms with Crippen molar-refractivity contribution < 1.29 is 30.3 Å². The predicted octanol–water partition coefficient (Wildman–Crippen LogP) is 0.203. The molecule has 3 rings (SSSR count). The van der Waals surface area contributed by atoms with Gasteiger partial charge < -0.3 is 35.3 Å². The van der Waals surface area contributed by atoms with E-state index in [1.165, 1.54) is 6.20 Å². The predicted molar refractivity (Wildman–Crippen MR) is 84.9 cm³/mol. The van der Waals surface area contributed by atoms with Crippen LogP contribution in [0, 0.1) is 0 Å². The first-order chi connectivity index (χ1) is 10.8. The van der Waals surface area contributed by atoms with Crippen LogP contribution in [0.5, 0.6) is 0 Å². The lowest BCUT2D eigenvalue weighted by Gasteiger charge is -2.45. The molecule has 1 aromatic heterocycles. The third kappa shape index (κ3) is 2.50. The average Bonchev–Trinajstić information content (AvgIpc) is 2.98. The van der Waals surface area contributed by atoms with Gasteiger partial charge in [-0.15, -0.1) is 0 Å². The molecular weight excluding hydrogens is 394 g/mol. The summed E-state index contributed by atoms with van der Waals surface area (Å²) in [6.07, 6.45) is -4.96. The third-order valence-electron chi connectivity index (χ3n) is 4.09. The van der Waals surface area contributed by atoms with Crippen molar-refractivity contribution in [3.05, 3.63) is 33.4 Å². The Morgan fingerprint density at radius 1 is 1.26 bits per heavy atom. The highest BCUT2D eigenvalue weighted by Crippen LogP contribution is 2.43. The van der Waals surface area contributed by atoms with E-state index in [0.29, 0.717) is 15.4 Å². The number of hydrogen-bond acceptors (Lipinski definition) is 6. The maximum atomic E-state index is 10.9. The third-order valence-corrected chi connectivity index (χ3v) is 5.37. The molecule has 23 heavy (non-hydrogen) atoms. The topological polar surface area (TPSA) is 126 Å². The number of aromatic nitrogens is 1. The second-order valence-electron chi connectivity index (χ2n) is 5.45. The van der Waals surface area contributed by atoms with Crippen molar-refractivity contribution in [2.45, 2.75) is 30.2 Å². The molecule has 1 saturated heterocycles. The van der Waals surface area contributed by atoms with Crippen molar-refractivity contribution in [2.24, 2.45) is 0 Å². The van der Waals surface area contributed by atoms with E-state index in [4.69, 9.17) is 16.3 Å². The molecule has 0 aliphatic carbocycles. The number of rotatable bonds is 2. The standard InChI is InChI=1S/C14H15BrClNO6/c15-6-1-2-7-9(10(6)16)5(3-17-7)14(22)13(21)12(20)11(19)8(4-18)23-14/h1-3,8,11-13,17-22H,4H2/t8-,11+,12+,13-,14-/m1/s1. The van der Waals surface area contributed by atoms with Gasteiger partial charge in [-0.1, -0.05) is 11.6 Å². The zero-order valence-corrected chi connectivity index (χ0v) is 14.0. The molecule has 1 fully saturated rings. The zero-order chi connectivity index (χ0) is 16.9. The summed E-state index contributed by atoms with van der Waals surface area (Å²) < 4.78 is 5.89. The Bertz CT molecular complexity index is 737. The largest absolute Gasteiger partial charge is 0.394 e. The molecule has 126 valence electrons. The van der Waals surface area contributed by atoms with Gasteiger partial charge in [0.15, 0.2) is 0 Å². The number of nitrogens with one attached hydrogen (secondary N) is 1. The molecule has 9 heteroatoms. The molecule has 0 unspecified atom stereocenters. The van der Waals surface area contributed by atoms with Crippen LogP contribution in [-0.4, -0.2) is 61.5 Å². The molecule has 5 atom stereocenters. The van der Waals surface area contributed by atoms with E-state index in [2.05, 4.69) is 20.9 Å². The van der Waals surface area contributed by atoms with Gasteiger partial charge in [-0.05, 0) is 28.1 Å². The molecule has 6 N–H and O–H groups in total. The monoisotopic (exact) mass is 407 g/mol. The molecule has 1 aliphatic rings. The lowest BCUT2D eigenvalue weighted by molar-refractivity contribution is -0.357. The minimum atomic E-state index is -2.35. The highest BCUT2D eigenvalue weighted by molar-refractivity contribution is 9.10. The fourth-order valence-corrected chi connectivity index (χ4v) is 3.41. The van der Waals surface area contributed by atoms with Crippen molar-refractivity contribution in [2.75, 3.05) is 6.61 Å². The van der Waals surface area contributed by atoms with E-state index in [1.54, 1.807) is 12.1 Å². The number of aliphatic hydroxyl groups excluding tert-OH is 4. The van der Waals surface area contributed by atoms with Crippen LogP contribution >= 0.6 is 27.5 Å². The van der Waals surface area contributed by atoms with Gasteiger partial charge in [0.1, 0.15) is 24.4 Å². The number of aliphatic hydroxyl groups is 5. The van der Waals surface area contributed by atoms with Crippen molar-refractivity contribution in [1.29, 1.82) is 0 Å². The minimum Gasteiger partial charge on any atom is -0.394 e. The molecule has 1 aliphatic heterocycles. The number of halogens is 2. The zero-order valence-electron chi connectivity index (χ0n) is 11.6. The fourth-order valence-electron chi connectivity index (χ4n) is 2.82. The molecule has 0 saturated carbocycles. The normalized spacial score (nSPS) is 34.9. The van der Waals surface area contributed by atoms with Gasteiger partial charge in [0, 0.05) is 27.1 Å². The molecule has 2 aromatic rings. The summed E-state index contributed by atoms with van der Waals surface area (Å²) in [4.78, 5) is 2.90. The first kappa shape index (κ1) is 17.1. The summed E-state index contributed by atoms with van der Waals surface area (Å²) in [6, 6.07) is 3.42. The number of aromatic amines is 1. The lowest BCUT2D eigenvalue weighted by atomic mass is 9.88. The molecule has 0 bridgehead atoms. The highest BCUT2D eigenvalue weighted by atomic mass is 79.9. The fraction of sp³-hybridized carbons (Fsp3) is 0.429. The van der Waals surface area contributed by atoms with Crippen molar-refractivity contribution in [1.82, 2.24) is 4.98 Å². The Hall–Kier alpha value is -0.710. The van der Waals surface area contributed by atoms with Crippen LogP contribution in [0.25, 0.3) is 10.9 Å². The lowest BCUT2D eigenvalue weighted by Crippen LogP contribution is -2.63. The van der Waals surface area contributed by atoms with Gasteiger partial charge in [-0.25, -0.2) is 0 Å². The van der Waals surface area contributed by atoms with Gasteiger partial charge in [-0.3, -0.25) is 0 Å². The van der Waals surface area contributed by atoms with Crippen molar-refractivity contribution in [3.63, 3.8) is 0 Å². The average molecular weight is 409 g/mol. The second kappa shape index (κ2) is 5.98. The summed E-state index contributed by atoms with van der Waals surface area (Å²) in [6.45, 7) is -0.646. The highest BCUT2D eigenvalue weighted by Gasteiger charge is 2.54. The van der Waals surface area contributed by atoms with E-state index < -0.39 is 36.8 Å². The van der Waals surface area contributed by atoms with Crippen LogP contribution in [0.1, 0.15) is 5.56 Å². The number of H-pyrrole nitrogens is 1. The van der Waals surface area contributed by atoms with Gasteiger partial charge >= 0.3 is 0 Å². The Labute approximate surface area is 144 Å². The van der Waals surface area contributed by atoms with E-state index in [0.717, 1.165) is 0 Å². The maximum absolute atomic E-state index is 10.9. The maximum Gasteiger partial charge on any atom is 0.224 e. The molecule has 0 spiro atoms. The summed E-state index contributed by atoms with van der Waals surface area (Å²) >= 11 is 9.54. The number of hydrogen-bond donors (Lipinski definition) is 6. The van der Waals surface area contributed by atoms with E-state index in [1.807, 2.05) is 0 Å². The van der Waals surface area contributed by atoms with Crippen LogP contribution in [0.4, 0.5) is 0 Å². The quantitative estimate of drug-likeness (QED) is 0.422. The molecular formula is C14H15BrClNO6. The van der Waals surface area contributed by atoms with Crippen LogP contribution in [0.2, 0.25) is 5.02 Å². The molecule has 0 amide bonds. The summed E-state index contributed by atoms with van der Waals surface area (Å²) in [7, 11) is 0. The van der Waals surface area contributed by atoms with Crippen molar-refractivity contribution >= 4 is 38.4 Å². The van der Waals surface area contributed by atoms with Crippen LogP contribution in [-0.2, 0) is 10.5 Å². The van der Waals surface area contributed by atoms with Crippen LogP contribution in [0.15, 0.2) is 22.8 Å². The Morgan fingerprint density at radius 2 is 1.96 bits per heavy atom. The molecule has 0 radical (unpaired) electrons. The first-order valence-corrected chi connectivity index (χ1v) is 7.99. The first-order valence-electron chi connectivity index (χ1n) is 6.82. The minimum absolute atomic E-state index is 0.0932. The smallest absolute Gasteiger partial charge is 0.224 e. The van der Waals surface area contributed by atoms with Gasteiger partial charge in [0.05, 0.1) is 11.6 Å². The number of fused-ring (bicyclic) bond motifs is 1. The Balaban J connectivity index is 2.18. The molecule has 2 heterocycles.